The number of carbonyl (C=O) groups excluding carboxylic acids is 1. The van der Waals surface area contributed by atoms with Crippen molar-refractivity contribution in [3.8, 4) is 0 Å². The standard InChI is InChI=1S/C19H21N5O3S/c1-3-22-28(26,27)17-8-7-14(2)18(10-17)19(25)23-16-6-4-5-15(9-16)11-24-13-20-12-21-24/h4-10,12-13,22H,3,11H2,1-2H3,(H,23,25). The molecule has 1 heterocycles. The molecule has 0 bridgehead atoms. The Kier molecular flexibility index (Phi) is 5.86. The van der Waals surface area contributed by atoms with Crippen LogP contribution in [0.2, 0.25) is 0 Å². The average Bonchev–Trinajstić information content (AvgIpc) is 3.15. The number of anilines is 1. The lowest BCUT2D eigenvalue weighted by molar-refractivity contribution is 0.102. The molecule has 0 aliphatic heterocycles. The van der Waals surface area contributed by atoms with Gasteiger partial charge in [0.2, 0.25) is 10.0 Å². The Morgan fingerprint density at radius 1 is 1.18 bits per heavy atom. The first-order valence-corrected chi connectivity index (χ1v) is 10.2. The average molecular weight is 399 g/mol. The molecule has 0 atom stereocenters. The molecule has 0 aliphatic rings. The molecule has 2 aromatic carbocycles. The van der Waals surface area contributed by atoms with E-state index < -0.39 is 10.0 Å². The van der Waals surface area contributed by atoms with Gasteiger partial charge in [-0.05, 0) is 42.3 Å². The van der Waals surface area contributed by atoms with Gasteiger partial charge in [-0.3, -0.25) is 4.79 Å². The Morgan fingerprint density at radius 3 is 2.71 bits per heavy atom. The van der Waals surface area contributed by atoms with Crippen LogP contribution in [0.5, 0.6) is 0 Å². The number of aryl methyl sites for hydroxylation is 1. The maximum atomic E-state index is 12.7. The number of hydrogen-bond donors (Lipinski definition) is 2. The SMILES string of the molecule is CCNS(=O)(=O)c1ccc(C)c(C(=O)Nc2cccc(Cn3cncn3)c2)c1. The summed E-state index contributed by atoms with van der Waals surface area (Å²) in [5.41, 5.74) is 2.55. The largest absolute Gasteiger partial charge is 0.322 e. The molecular formula is C19H21N5O3S. The van der Waals surface area contributed by atoms with E-state index in [1.165, 1.54) is 18.5 Å². The number of nitrogens with one attached hydrogen (secondary N) is 2. The van der Waals surface area contributed by atoms with Crippen molar-refractivity contribution in [1.82, 2.24) is 19.5 Å². The summed E-state index contributed by atoms with van der Waals surface area (Å²) in [5, 5.41) is 6.89. The van der Waals surface area contributed by atoms with Gasteiger partial charge in [-0.2, -0.15) is 5.10 Å². The quantitative estimate of drug-likeness (QED) is 0.633. The Morgan fingerprint density at radius 2 is 2.00 bits per heavy atom. The van der Waals surface area contributed by atoms with Crippen LogP contribution in [0.1, 0.15) is 28.4 Å². The van der Waals surface area contributed by atoms with E-state index in [0.717, 1.165) is 5.56 Å². The maximum Gasteiger partial charge on any atom is 0.255 e. The van der Waals surface area contributed by atoms with Gasteiger partial charge < -0.3 is 5.32 Å². The van der Waals surface area contributed by atoms with E-state index in [2.05, 4.69) is 20.1 Å². The number of carbonyl (C=O) groups is 1. The molecular weight excluding hydrogens is 378 g/mol. The van der Waals surface area contributed by atoms with E-state index >= 15 is 0 Å². The summed E-state index contributed by atoms with van der Waals surface area (Å²) in [6, 6.07) is 11.9. The van der Waals surface area contributed by atoms with Crippen molar-refractivity contribution in [3.63, 3.8) is 0 Å². The lowest BCUT2D eigenvalue weighted by Crippen LogP contribution is -2.24. The van der Waals surface area contributed by atoms with Crippen molar-refractivity contribution < 1.29 is 13.2 Å². The zero-order chi connectivity index (χ0) is 20.1. The molecule has 3 rings (SSSR count). The second kappa shape index (κ2) is 8.32. The topological polar surface area (TPSA) is 106 Å². The normalized spacial score (nSPS) is 11.4. The van der Waals surface area contributed by atoms with E-state index in [-0.39, 0.29) is 17.3 Å². The summed E-state index contributed by atoms with van der Waals surface area (Å²) in [4.78, 5) is 16.7. The molecule has 28 heavy (non-hydrogen) atoms. The van der Waals surface area contributed by atoms with E-state index in [4.69, 9.17) is 0 Å². The van der Waals surface area contributed by atoms with Crippen molar-refractivity contribution in [3.05, 3.63) is 71.8 Å². The third kappa shape index (κ3) is 4.62. The molecule has 146 valence electrons. The monoisotopic (exact) mass is 399 g/mol. The molecule has 9 heteroatoms. The molecule has 3 aromatic rings. The second-order valence-electron chi connectivity index (χ2n) is 6.23. The number of benzene rings is 2. The second-order valence-corrected chi connectivity index (χ2v) is 7.99. The smallest absolute Gasteiger partial charge is 0.255 e. The fourth-order valence-electron chi connectivity index (χ4n) is 2.73. The van der Waals surface area contributed by atoms with E-state index in [1.54, 1.807) is 37.0 Å². The molecule has 8 nitrogen and oxygen atoms in total. The highest BCUT2D eigenvalue weighted by atomic mass is 32.2. The van der Waals surface area contributed by atoms with Crippen LogP contribution in [-0.4, -0.2) is 35.6 Å². The summed E-state index contributed by atoms with van der Waals surface area (Å²) >= 11 is 0. The summed E-state index contributed by atoms with van der Waals surface area (Å²) in [6.07, 6.45) is 3.08. The minimum absolute atomic E-state index is 0.0602. The molecule has 0 aliphatic carbocycles. The van der Waals surface area contributed by atoms with Crippen LogP contribution in [0.15, 0.2) is 60.0 Å². The number of aromatic nitrogens is 3. The third-order valence-electron chi connectivity index (χ3n) is 4.09. The third-order valence-corrected chi connectivity index (χ3v) is 5.64. The minimum atomic E-state index is -3.64. The number of rotatable bonds is 7. The van der Waals surface area contributed by atoms with Crippen LogP contribution in [0.4, 0.5) is 5.69 Å². The lowest BCUT2D eigenvalue weighted by atomic mass is 10.1. The first-order chi connectivity index (χ1) is 13.4. The first-order valence-electron chi connectivity index (χ1n) is 8.72. The van der Waals surface area contributed by atoms with E-state index in [9.17, 15) is 13.2 Å². The van der Waals surface area contributed by atoms with Gasteiger partial charge in [-0.15, -0.1) is 0 Å². The molecule has 1 aromatic heterocycles. The van der Waals surface area contributed by atoms with Gasteiger partial charge in [-0.25, -0.2) is 22.8 Å². The maximum absolute atomic E-state index is 12.7. The molecule has 0 unspecified atom stereocenters. The van der Waals surface area contributed by atoms with Crippen molar-refractivity contribution in [2.45, 2.75) is 25.3 Å². The van der Waals surface area contributed by atoms with Gasteiger partial charge in [0.25, 0.3) is 5.91 Å². The number of amides is 1. The lowest BCUT2D eigenvalue weighted by Gasteiger charge is -2.11. The zero-order valence-corrected chi connectivity index (χ0v) is 16.4. The van der Waals surface area contributed by atoms with Crippen LogP contribution in [0, 0.1) is 6.92 Å². The Hall–Kier alpha value is -3.04. The van der Waals surface area contributed by atoms with Crippen LogP contribution in [0.3, 0.4) is 0 Å². The number of hydrogen-bond acceptors (Lipinski definition) is 5. The first kappa shape index (κ1) is 19.7. The predicted octanol–water partition coefficient (Wildman–Crippen LogP) is 2.19. The summed E-state index contributed by atoms with van der Waals surface area (Å²) in [7, 11) is -3.64. The van der Waals surface area contributed by atoms with Crippen molar-refractivity contribution >= 4 is 21.6 Å². The Labute approximate surface area is 163 Å². The van der Waals surface area contributed by atoms with Gasteiger partial charge in [-0.1, -0.05) is 25.1 Å². The summed E-state index contributed by atoms with van der Waals surface area (Å²) in [6.45, 7) is 4.26. The van der Waals surface area contributed by atoms with Gasteiger partial charge in [0.05, 0.1) is 11.4 Å². The van der Waals surface area contributed by atoms with Crippen LogP contribution >= 0.6 is 0 Å². The fraction of sp³-hybridized carbons (Fsp3) is 0.211. The molecule has 0 radical (unpaired) electrons. The molecule has 2 N–H and O–H groups in total. The highest BCUT2D eigenvalue weighted by molar-refractivity contribution is 7.89. The number of nitrogens with zero attached hydrogens (tertiary/aromatic N) is 3. The van der Waals surface area contributed by atoms with Gasteiger partial charge in [0, 0.05) is 17.8 Å². The van der Waals surface area contributed by atoms with Gasteiger partial charge in [0.1, 0.15) is 12.7 Å². The highest BCUT2D eigenvalue weighted by Crippen LogP contribution is 2.18. The summed E-state index contributed by atoms with van der Waals surface area (Å²) in [5.74, 6) is -0.371. The van der Waals surface area contributed by atoms with Gasteiger partial charge >= 0.3 is 0 Å². The van der Waals surface area contributed by atoms with Crippen LogP contribution < -0.4 is 10.0 Å². The van der Waals surface area contributed by atoms with Crippen LogP contribution in [-0.2, 0) is 16.6 Å². The molecule has 0 saturated carbocycles. The van der Waals surface area contributed by atoms with Crippen molar-refractivity contribution in [2.24, 2.45) is 0 Å². The van der Waals surface area contributed by atoms with Crippen molar-refractivity contribution in [1.29, 1.82) is 0 Å². The molecule has 0 fully saturated rings. The Balaban J connectivity index is 1.81. The van der Waals surface area contributed by atoms with E-state index in [1.807, 2.05) is 18.2 Å². The molecule has 1 amide bonds. The highest BCUT2D eigenvalue weighted by Gasteiger charge is 2.17. The number of sulfonamides is 1. The van der Waals surface area contributed by atoms with Gasteiger partial charge in [0.15, 0.2) is 0 Å². The Bertz CT molecular complexity index is 1080. The molecule has 0 saturated heterocycles. The zero-order valence-electron chi connectivity index (χ0n) is 15.6. The van der Waals surface area contributed by atoms with E-state index in [0.29, 0.717) is 23.4 Å². The van der Waals surface area contributed by atoms with Crippen LogP contribution in [0.25, 0.3) is 0 Å². The van der Waals surface area contributed by atoms with Crippen molar-refractivity contribution in [2.75, 3.05) is 11.9 Å². The fourth-order valence-corrected chi connectivity index (χ4v) is 3.80. The minimum Gasteiger partial charge on any atom is -0.322 e. The predicted molar refractivity (Wildman–Crippen MR) is 106 cm³/mol. The summed E-state index contributed by atoms with van der Waals surface area (Å²) < 4.78 is 28.5. The molecule has 0 spiro atoms.